The van der Waals surface area contributed by atoms with E-state index in [-0.39, 0.29) is 0 Å². The maximum Gasteiger partial charge on any atom is 0.181 e. The smallest absolute Gasteiger partial charge is 0.181 e. The summed E-state index contributed by atoms with van der Waals surface area (Å²) in [7, 11) is 1.59. The zero-order valence-electron chi connectivity index (χ0n) is 8.23. The molecule has 0 spiro atoms. The van der Waals surface area contributed by atoms with Gasteiger partial charge in [0.05, 0.1) is 24.6 Å². The highest BCUT2D eigenvalue weighted by Crippen LogP contribution is 2.31. The number of oxazole rings is 1. The lowest BCUT2D eigenvalue weighted by Crippen LogP contribution is -2.06. The van der Waals surface area contributed by atoms with Gasteiger partial charge in [-0.1, -0.05) is 0 Å². The molecule has 2 rings (SSSR count). The number of aromatic nitrogens is 1. The Morgan fingerprint density at radius 3 is 2.93 bits per heavy atom. The second-order valence-corrected chi connectivity index (χ2v) is 2.93. The summed E-state index contributed by atoms with van der Waals surface area (Å²) < 4.78 is 10.4. The van der Waals surface area contributed by atoms with Gasteiger partial charge in [0.25, 0.3) is 0 Å². The first-order valence-electron chi connectivity index (χ1n) is 4.38. The van der Waals surface area contributed by atoms with E-state index >= 15 is 0 Å². The van der Waals surface area contributed by atoms with Crippen LogP contribution in [0.15, 0.2) is 35.2 Å². The van der Waals surface area contributed by atoms with E-state index in [1.165, 1.54) is 6.39 Å². The molecule has 0 aliphatic heterocycles. The van der Waals surface area contributed by atoms with Crippen LogP contribution in [0.4, 0.5) is 5.69 Å². The van der Waals surface area contributed by atoms with E-state index in [0.717, 1.165) is 11.3 Å². The van der Waals surface area contributed by atoms with Gasteiger partial charge < -0.3 is 14.6 Å². The predicted molar refractivity (Wildman–Crippen MR) is 56.3 cm³/mol. The number of hydrazine groups is 1. The summed E-state index contributed by atoms with van der Waals surface area (Å²) in [6.07, 6.45) is 3.01. The van der Waals surface area contributed by atoms with Crippen LogP contribution in [0.5, 0.6) is 5.75 Å². The third-order valence-corrected chi connectivity index (χ3v) is 2.07. The number of nitrogens with one attached hydrogen (secondary N) is 1. The molecule has 78 valence electrons. The van der Waals surface area contributed by atoms with Crippen LogP contribution >= 0.6 is 0 Å². The van der Waals surface area contributed by atoms with Crippen LogP contribution in [0.25, 0.3) is 11.3 Å². The molecule has 5 heteroatoms. The number of methoxy groups -OCH3 is 1. The molecule has 0 atom stereocenters. The first-order valence-corrected chi connectivity index (χ1v) is 4.38. The van der Waals surface area contributed by atoms with E-state index in [0.29, 0.717) is 11.5 Å². The molecule has 1 aromatic heterocycles. The number of hydrogen-bond acceptors (Lipinski definition) is 5. The standard InChI is InChI=1S/C10H11N3O2/c1-14-9-4-7(13-11)2-3-8(9)10-5-12-6-15-10/h2-6,13H,11H2,1H3. The van der Waals surface area contributed by atoms with Gasteiger partial charge in [-0.2, -0.15) is 0 Å². The highest BCUT2D eigenvalue weighted by Gasteiger charge is 2.09. The SMILES string of the molecule is COc1cc(NN)ccc1-c1cnco1. The van der Waals surface area contributed by atoms with Crippen LogP contribution in [0.2, 0.25) is 0 Å². The largest absolute Gasteiger partial charge is 0.496 e. The summed E-state index contributed by atoms with van der Waals surface area (Å²) in [5.41, 5.74) is 4.16. The number of ether oxygens (including phenoxy) is 1. The number of nitrogens with two attached hydrogens (primary N) is 1. The topological polar surface area (TPSA) is 73.3 Å². The molecule has 15 heavy (non-hydrogen) atoms. The lowest BCUT2D eigenvalue weighted by atomic mass is 10.1. The van der Waals surface area contributed by atoms with Crippen LogP contribution < -0.4 is 16.0 Å². The molecule has 0 aliphatic rings. The number of nitrogens with zero attached hydrogens (tertiary/aromatic N) is 1. The summed E-state index contributed by atoms with van der Waals surface area (Å²) in [6, 6.07) is 5.48. The molecular weight excluding hydrogens is 194 g/mol. The van der Waals surface area contributed by atoms with Crippen LogP contribution in [0.3, 0.4) is 0 Å². The van der Waals surface area contributed by atoms with Crippen molar-refractivity contribution < 1.29 is 9.15 Å². The van der Waals surface area contributed by atoms with E-state index in [2.05, 4.69) is 10.4 Å². The zero-order chi connectivity index (χ0) is 10.7. The van der Waals surface area contributed by atoms with E-state index < -0.39 is 0 Å². The van der Waals surface area contributed by atoms with Crippen molar-refractivity contribution in [3.63, 3.8) is 0 Å². The molecule has 1 heterocycles. The lowest BCUT2D eigenvalue weighted by molar-refractivity contribution is 0.415. The number of anilines is 1. The normalized spacial score (nSPS) is 10.0. The number of hydrogen-bond donors (Lipinski definition) is 2. The highest BCUT2D eigenvalue weighted by molar-refractivity contribution is 5.69. The molecular formula is C10H11N3O2. The van der Waals surface area contributed by atoms with E-state index in [1.54, 1.807) is 19.4 Å². The first-order chi connectivity index (χ1) is 7.35. The maximum atomic E-state index is 5.30. The fourth-order valence-electron chi connectivity index (χ4n) is 1.33. The molecule has 0 aliphatic carbocycles. The molecule has 1 aromatic carbocycles. The van der Waals surface area contributed by atoms with Gasteiger partial charge >= 0.3 is 0 Å². The fourth-order valence-corrected chi connectivity index (χ4v) is 1.33. The minimum atomic E-state index is 0.662. The Hall–Kier alpha value is -2.01. The summed E-state index contributed by atoms with van der Waals surface area (Å²) >= 11 is 0. The Bertz CT molecular complexity index is 440. The minimum Gasteiger partial charge on any atom is -0.496 e. The van der Waals surface area contributed by atoms with Crippen LogP contribution in [0, 0.1) is 0 Å². The summed E-state index contributed by atoms with van der Waals surface area (Å²) in [4.78, 5) is 3.85. The van der Waals surface area contributed by atoms with Crippen molar-refractivity contribution in [2.24, 2.45) is 5.84 Å². The van der Waals surface area contributed by atoms with Crippen molar-refractivity contribution >= 4 is 5.69 Å². The average molecular weight is 205 g/mol. The molecule has 0 fully saturated rings. The van der Waals surface area contributed by atoms with Crippen LogP contribution in [0.1, 0.15) is 0 Å². The van der Waals surface area contributed by atoms with Gasteiger partial charge in [-0.15, -0.1) is 0 Å². The van der Waals surface area contributed by atoms with E-state index in [4.69, 9.17) is 15.0 Å². The zero-order valence-corrected chi connectivity index (χ0v) is 8.23. The summed E-state index contributed by atoms with van der Waals surface area (Å²) in [5.74, 6) is 6.65. The number of nitrogen functional groups attached to an aromatic ring is 1. The first kappa shape index (κ1) is 9.54. The van der Waals surface area contributed by atoms with Gasteiger partial charge in [-0.3, -0.25) is 5.84 Å². The van der Waals surface area contributed by atoms with Crippen molar-refractivity contribution in [1.82, 2.24) is 4.98 Å². The van der Waals surface area contributed by atoms with Gasteiger partial charge in [0.1, 0.15) is 5.75 Å². The molecule has 3 N–H and O–H groups in total. The van der Waals surface area contributed by atoms with Crippen molar-refractivity contribution in [3.05, 3.63) is 30.8 Å². The van der Waals surface area contributed by atoms with Crippen LogP contribution in [-0.2, 0) is 0 Å². The second-order valence-electron chi connectivity index (χ2n) is 2.93. The van der Waals surface area contributed by atoms with Gasteiger partial charge in [0.2, 0.25) is 0 Å². The average Bonchev–Trinajstić information content (AvgIpc) is 2.81. The fraction of sp³-hybridized carbons (Fsp3) is 0.100. The minimum absolute atomic E-state index is 0.662. The predicted octanol–water partition coefficient (Wildman–Crippen LogP) is 1.64. The molecule has 0 saturated heterocycles. The molecule has 0 amide bonds. The third-order valence-electron chi connectivity index (χ3n) is 2.07. The third kappa shape index (κ3) is 1.77. The van der Waals surface area contributed by atoms with Gasteiger partial charge in [-0.05, 0) is 12.1 Å². The number of rotatable bonds is 3. The molecule has 0 bridgehead atoms. The Kier molecular flexibility index (Phi) is 2.55. The Morgan fingerprint density at radius 2 is 2.33 bits per heavy atom. The Labute approximate surface area is 86.8 Å². The lowest BCUT2D eigenvalue weighted by Gasteiger charge is -2.07. The Morgan fingerprint density at radius 1 is 1.47 bits per heavy atom. The van der Waals surface area contributed by atoms with Crippen molar-refractivity contribution in [2.45, 2.75) is 0 Å². The summed E-state index contributed by atoms with van der Waals surface area (Å²) in [5, 5.41) is 0. The van der Waals surface area contributed by atoms with Crippen molar-refractivity contribution in [2.75, 3.05) is 12.5 Å². The molecule has 0 saturated carbocycles. The monoisotopic (exact) mass is 205 g/mol. The molecule has 5 nitrogen and oxygen atoms in total. The quantitative estimate of drug-likeness (QED) is 0.588. The van der Waals surface area contributed by atoms with Crippen molar-refractivity contribution in [1.29, 1.82) is 0 Å². The van der Waals surface area contributed by atoms with Gasteiger partial charge in [0, 0.05) is 6.07 Å². The molecule has 0 radical (unpaired) electrons. The van der Waals surface area contributed by atoms with Gasteiger partial charge in [-0.25, -0.2) is 4.98 Å². The van der Waals surface area contributed by atoms with Crippen molar-refractivity contribution in [3.8, 4) is 17.1 Å². The maximum absolute atomic E-state index is 5.30. The Balaban J connectivity index is 2.48. The van der Waals surface area contributed by atoms with Crippen LogP contribution in [-0.4, -0.2) is 12.1 Å². The number of benzene rings is 1. The van der Waals surface area contributed by atoms with E-state index in [9.17, 15) is 0 Å². The highest BCUT2D eigenvalue weighted by atomic mass is 16.5. The van der Waals surface area contributed by atoms with Gasteiger partial charge in [0.15, 0.2) is 12.2 Å². The second kappa shape index (κ2) is 4.02. The molecule has 2 aromatic rings. The molecule has 0 unspecified atom stereocenters. The van der Waals surface area contributed by atoms with E-state index in [1.807, 2.05) is 12.1 Å². The summed E-state index contributed by atoms with van der Waals surface area (Å²) in [6.45, 7) is 0.